The molecule has 0 aromatic heterocycles. The van der Waals surface area contributed by atoms with Crippen LogP contribution in [0.5, 0.6) is 0 Å². The molecule has 1 saturated carbocycles. The first kappa shape index (κ1) is 13.4. The van der Waals surface area contributed by atoms with Gasteiger partial charge in [0, 0.05) is 0 Å². The number of rotatable bonds is 4. The van der Waals surface area contributed by atoms with Crippen LogP contribution in [0.15, 0.2) is 0 Å². The van der Waals surface area contributed by atoms with Gasteiger partial charge in [-0.15, -0.1) is 0 Å². The largest absolute Gasteiger partial charge is 0.343 e. The van der Waals surface area contributed by atoms with Crippen LogP contribution in [0, 0.1) is 5.92 Å². The Kier molecular flexibility index (Phi) is 3.52. The highest BCUT2D eigenvalue weighted by atomic mass is 31.2. The zero-order chi connectivity index (χ0) is 11.9. The molecule has 1 aliphatic rings. The van der Waals surface area contributed by atoms with E-state index in [1.165, 1.54) is 0 Å². The summed E-state index contributed by atoms with van der Waals surface area (Å²) >= 11 is 0. The molecular formula is C7H16O6P2. The Labute approximate surface area is 88.0 Å². The summed E-state index contributed by atoms with van der Waals surface area (Å²) in [6.07, 6.45) is 1.45. The zero-order valence-electron chi connectivity index (χ0n) is 8.41. The summed E-state index contributed by atoms with van der Waals surface area (Å²) in [4.78, 5) is 34.0. The van der Waals surface area contributed by atoms with E-state index < -0.39 is 20.1 Å². The second-order valence-electron chi connectivity index (χ2n) is 4.13. The molecule has 90 valence electrons. The van der Waals surface area contributed by atoms with Crippen LogP contribution in [0.4, 0.5) is 0 Å². The summed E-state index contributed by atoms with van der Waals surface area (Å²) in [6, 6.07) is 0. The normalized spacial score (nSPS) is 22.5. The molecule has 4 N–H and O–H groups in total. The molecule has 0 atom stereocenters. The summed E-state index contributed by atoms with van der Waals surface area (Å²) in [5.41, 5.74) is 0. The molecule has 0 amide bonds. The Balaban J connectivity index is 2.88. The van der Waals surface area contributed by atoms with E-state index in [4.69, 9.17) is 19.6 Å². The average molecular weight is 258 g/mol. The third-order valence-electron chi connectivity index (χ3n) is 3.01. The van der Waals surface area contributed by atoms with Crippen molar-refractivity contribution in [2.24, 2.45) is 5.92 Å². The number of hydrogen-bond acceptors (Lipinski definition) is 2. The summed E-state index contributed by atoms with van der Waals surface area (Å²) in [6.45, 7) is 1.93. The maximum Gasteiger partial charge on any atom is 0.343 e. The lowest BCUT2D eigenvalue weighted by atomic mass is 9.81. The minimum absolute atomic E-state index is 0.0234. The Morgan fingerprint density at radius 2 is 1.53 bits per heavy atom. The minimum atomic E-state index is -4.75. The highest BCUT2D eigenvalue weighted by Gasteiger charge is 2.66. The van der Waals surface area contributed by atoms with Crippen molar-refractivity contribution >= 4 is 15.2 Å². The van der Waals surface area contributed by atoms with Crippen LogP contribution in [0.1, 0.15) is 32.6 Å². The minimum Gasteiger partial charge on any atom is -0.324 e. The van der Waals surface area contributed by atoms with Crippen LogP contribution in [0.3, 0.4) is 0 Å². The van der Waals surface area contributed by atoms with E-state index in [1.54, 1.807) is 0 Å². The Hall–Kier alpha value is 0.300. The van der Waals surface area contributed by atoms with E-state index in [9.17, 15) is 9.13 Å². The predicted octanol–water partition coefficient (Wildman–Crippen LogP) is 1.25. The molecule has 0 heterocycles. The van der Waals surface area contributed by atoms with Crippen LogP contribution in [-0.4, -0.2) is 24.5 Å². The first-order valence-corrected chi connectivity index (χ1v) is 7.98. The van der Waals surface area contributed by atoms with Crippen LogP contribution < -0.4 is 0 Å². The van der Waals surface area contributed by atoms with Crippen molar-refractivity contribution < 1.29 is 28.7 Å². The Morgan fingerprint density at radius 3 is 1.80 bits per heavy atom. The quantitative estimate of drug-likeness (QED) is 0.564. The molecule has 1 aliphatic carbocycles. The Bertz CT molecular complexity index is 298. The Morgan fingerprint density at radius 1 is 1.13 bits per heavy atom. The van der Waals surface area contributed by atoms with Crippen molar-refractivity contribution in [3.8, 4) is 0 Å². The fraction of sp³-hybridized carbons (Fsp3) is 1.00. The fourth-order valence-electron chi connectivity index (χ4n) is 2.12. The summed E-state index contributed by atoms with van der Waals surface area (Å²) < 4.78 is 22.3. The maximum atomic E-state index is 11.1. The summed E-state index contributed by atoms with van der Waals surface area (Å²) in [7, 11) is -9.49. The molecule has 0 unspecified atom stereocenters. The van der Waals surface area contributed by atoms with Gasteiger partial charge < -0.3 is 19.6 Å². The summed E-state index contributed by atoms with van der Waals surface area (Å²) in [5.74, 6) is 0.0234. The van der Waals surface area contributed by atoms with Crippen molar-refractivity contribution in [2.75, 3.05) is 0 Å². The lowest BCUT2D eigenvalue weighted by Crippen LogP contribution is -2.43. The topological polar surface area (TPSA) is 115 Å². The van der Waals surface area contributed by atoms with E-state index in [0.717, 1.165) is 12.8 Å². The van der Waals surface area contributed by atoms with Crippen LogP contribution in [-0.2, 0) is 9.13 Å². The monoisotopic (exact) mass is 258 g/mol. The van der Waals surface area contributed by atoms with Crippen molar-refractivity contribution in [3.05, 3.63) is 0 Å². The lowest BCUT2D eigenvalue weighted by Gasteiger charge is -2.47. The van der Waals surface area contributed by atoms with Crippen molar-refractivity contribution in [1.82, 2.24) is 0 Å². The van der Waals surface area contributed by atoms with Crippen LogP contribution >= 0.6 is 15.2 Å². The highest BCUT2D eigenvalue weighted by molar-refractivity contribution is 7.72. The zero-order valence-corrected chi connectivity index (χ0v) is 10.2. The standard InChI is InChI=1S/C7H16O6P2/c1-2-3-6-4-7(5-6,14(8,9)10)15(11,12)13/h6H,2-5H2,1H3,(H2,8,9,10)(H2,11,12,13). The molecule has 0 saturated heterocycles. The smallest absolute Gasteiger partial charge is 0.324 e. The molecular weight excluding hydrogens is 242 g/mol. The third kappa shape index (κ3) is 2.21. The molecule has 15 heavy (non-hydrogen) atoms. The van der Waals surface area contributed by atoms with E-state index in [2.05, 4.69) is 0 Å². The van der Waals surface area contributed by atoms with Gasteiger partial charge in [0.2, 0.25) is 0 Å². The third-order valence-corrected chi connectivity index (χ3v) is 7.47. The fourth-order valence-corrected chi connectivity index (χ4v) is 5.46. The second kappa shape index (κ2) is 3.95. The van der Waals surface area contributed by atoms with Gasteiger partial charge in [0.05, 0.1) is 0 Å². The van der Waals surface area contributed by atoms with E-state index >= 15 is 0 Å². The van der Waals surface area contributed by atoms with Gasteiger partial charge in [-0.3, -0.25) is 9.13 Å². The van der Waals surface area contributed by atoms with Crippen molar-refractivity contribution in [3.63, 3.8) is 0 Å². The van der Waals surface area contributed by atoms with Gasteiger partial charge in [0.15, 0.2) is 4.90 Å². The van der Waals surface area contributed by atoms with E-state index in [-0.39, 0.29) is 18.8 Å². The van der Waals surface area contributed by atoms with Gasteiger partial charge in [-0.05, 0) is 18.8 Å². The summed E-state index contributed by atoms with van der Waals surface area (Å²) in [5, 5.41) is 0. The molecule has 8 heteroatoms. The highest BCUT2D eigenvalue weighted by Crippen LogP contribution is 2.78. The second-order valence-corrected chi connectivity index (χ2v) is 8.37. The van der Waals surface area contributed by atoms with Gasteiger partial charge >= 0.3 is 15.2 Å². The van der Waals surface area contributed by atoms with Gasteiger partial charge in [-0.2, -0.15) is 0 Å². The van der Waals surface area contributed by atoms with Gasteiger partial charge in [0.1, 0.15) is 0 Å². The average Bonchev–Trinajstić information content (AvgIpc) is 1.89. The molecule has 1 fully saturated rings. The molecule has 6 nitrogen and oxygen atoms in total. The van der Waals surface area contributed by atoms with Crippen LogP contribution in [0.25, 0.3) is 0 Å². The number of hydrogen-bond donors (Lipinski definition) is 4. The van der Waals surface area contributed by atoms with Gasteiger partial charge in [0.25, 0.3) is 0 Å². The first-order chi connectivity index (χ1) is 6.64. The van der Waals surface area contributed by atoms with Crippen molar-refractivity contribution in [2.45, 2.75) is 37.5 Å². The molecule has 0 aromatic rings. The van der Waals surface area contributed by atoms with Gasteiger partial charge in [-0.25, -0.2) is 0 Å². The predicted molar refractivity (Wildman–Crippen MR) is 54.5 cm³/mol. The molecule has 0 aromatic carbocycles. The van der Waals surface area contributed by atoms with Crippen molar-refractivity contribution in [1.29, 1.82) is 0 Å². The molecule has 0 spiro atoms. The van der Waals surface area contributed by atoms with E-state index in [1.807, 2.05) is 6.92 Å². The lowest BCUT2D eigenvalue weighted by molar-refractivity contribution is 0.189. The van der Waals surface area contributed by atoms with E-state index in [0.29, 0.717) is 0 Å². The first-order valence-electron chi connectivity index (χ1n) is 4.75. The maximum absolute atomic E-state index is 11.1. The van der Waals surface area contributed by atoms with Crippen LogP contribution in [0.2, 0.25) is 0 Å². The molecule has 0 bridgehead atoms. The molecule has 0 radical (unpaired) electrons. The molecule has 0 aliphatic heterocycles. The SMILES string of the molecule is CCCC1CC(P(=O)(O)O)(P(=O)(O)O)C1. The van der Waals surface area contributed by atoms with Gasteiger partial charge in [-0.1, -0.05) is 19.8 Å². The molecule has 1 rings (SSSR count).